The van der Waals surface area contributed by atoms with Gasteiger partial charge in [-0.05, 0) is 43.7 Å². The fourth-order valence-electron chi connectivity index (χ4n) is 3.61. The Kier molecular flexibility index (Phi) is 4.28. The van der Waals surface area contributed by atoms with Crippen molar-refractivity contribution < 1.29 is 4.74 Å². The number of likely N-dealkylation sites (tertiary alicyclic amines) is 1. The summed E-state index contributed by atoms with van der Waals surface area (Å²) in [6, 6.07) is 8.66. The van der Waals surface area contributed by atoms with E-state index >= 15 is 0 Å². The molecular formula is C19H23N5O. The zero-order chi connectivity index (χ0) is 17.2. The molecule has 1 aliphatic rings. The van der Waals surface area contributed by atoms with Gasteiger partial charge in [0.05, 0.1) is 31.2 Å². The van der Waals surface area contributed by atoms with Crippen molar-refractivity contribution in [3.8, 4) is 5.75 Å². The van der Waals surface area contributed by atoms with Crippen LogP contribution in [0.3, 0.4) is 0 Å². The SMILES string of the molecule is CNc1cncc([C@@H]2CCCN2Cc2cc3cc(OC)ccc3[nH]2)n1. The van der Waals surface area contributed by atoms with Gasteiger partial charge < -0.3 is 15.0 Å². The highest BCUT2D eigenvalue weighted by Gasteiger charge is 2.28. The van der Waals surface area contributed by atoms with Crippen LogP contribution in [0.5, 0.6) is 5.75 Å². The van der Waals surface area contributed by atoms with E-state index in [0.29, 0.717) is 6.04 Å². The second kappa shape index (κ2) is 6.72. The molecule has 0 unspecified atom stereocenters. The summed E-state index contributed by atoms with van der Waals surface area (Å²) in [4.78, 5) is 15.0. The summed E-state index contributed by atoms with van der Waals surface area (Å²) in [6.07, 6.45) is 5.95. The Morgan fingerprint density at radius 1 is 1.32 bits per heavy atom. The number of aromatic amines is 1. The Hall–Kier alpha value is -2.60. The molecule has 1 fully saturated rings. The first-order chi connectivity index (χ1) is 12.3. The molecule has 3 aromatic rings. The van der Waals surface area contributed by atoms with E-state index in [9.17, 15) is 0 Å². The quantitative estimate of drug-likeness (QED) is 0.747. The van der Waals surface area contributed by atoms with Crippen molar-refractivity contribution in [1.29, 1.82) is 0 Å². The van der Waals surface area contributed by atoms with Crippen LogP contribution >= 0.6 is 0 Å². The highest BCUT2D eigenvalue weighted by atomic mass is 16.5. The van der Waals surface area contributed by atoms with Crippen molar-refractivity contribution in [1.82, 2.24) is 19.9 Å². The van der Waals surface area contributed by atoms with Crippen molar-refractivity contribution in [2.45, 2.75) is 25.4 Å². The lowest BCUT2D eigenvalue weighted by molar-refractivity contribution is 0.242. The van der Waals surface area contributed by atoms with Gasteiger partial charge in [0.25, 0.3) is 0 Å². The molecule has 4 rings (SSSR count). The summed E-state index contributed by atoms with van der Waals surface area (Å²) in [5.74, 6) is 1.71. The largest absolute Gasteiger partial charge is 0.497 e. The van der Waals surface area contributed by atoms with E-state index in [1.807, 2.05) is 19.3 Å². The lowest BCUT2D eigenvalue weighted by Crippen LogP contribution is -2.24. The molecule has 6 nitrogen and oxygen atoms in total. The third kappa shape index (κ3) is 3.17. The first kappa shape index (κ1) is 15.9. The number of fused-ring (bicyclic) bond motifs is 1. The number of rotatable bonds is 5. The third-order valence-corrected chi connectivity index (χ3v) is 4.87. The fourth-order valence-corrected chi connectivity index (χ4v) is 3.61. The molecule has 3 heterocycles. The molecule has 1 atom stereocenters. The average Bonchev–Trinajstić information content (AvgIpc) is 3.27. The van der Waals surface area contributed by atoms with E-state index in [-0.39, 0.29) is 0 Å². The van der Waals surface area contributed by atoms with E-state index in [2.05, 4.69) is 43.4 Å². The first-order valence-corrected chi connectivity index (χ1v) is 8.66. The van der Waals surface area contributed by atoms with Crippen LogP contribution in [0, 0.1) is 0 Å². The zero-order valence-corrected chi connectivity index (χ0v) is 14.6. The number of H-pyrrole nitrogens is 1. The van der Waals surface area contributed by atoms with Gasteiger partial charge in [0.2, 0.25) is 0 Å². The molecule has 6 heteroatoms. The van der Waals surface area contributed by atoms with E-state index < -0.39 is 0 Å². The summed E-state index contributed by atoms with van der Waals surface area (Å²) in [5.41, 5.74) is 3.40. The Balaban J connectivity index is 1.56. The predicted octanol–water partition coefficient (Wildman–Crippen LogP) is 3.35. The standard InChI is InChI=1S/C19H23N5O/c1-20-19-11-21-10-17(23-19)18-4-3-7-24(18)12-14-8-13-9-15(25-2)5-6-16(13)22-14/h5-6,8-11,18,22H,3-4,7,12H2,1-2H3,(H,20,23)/t18-/m0/s1. The van der Waals surface area contributed by atoms with Crippen LogP contribution in [0.15, 0.2) is 36.7 Å². The number of methoxy groups -OCH3 is 1. The van der Waals surface area contributed by atoms with E-state index in [1.165, 1.54) is 17.5 Å². The molecule has 25 heavy (non-hydrogen) atoms. The van der Waals surface area contributed by atoms with Gasteiger partial charge in [0.15, 0.2) is 0 Å². The van der Waals surface area contributed by atoms with Gasteiger partial charge in [-0.1, -0.05) is 0 Å². The molecule has 0 radical (unpaired) electrons. The Morgan fingerprint density at radius 2 is 2.24 bits per heavy atom. The maximum absolute atomic E-state index is 5.32. The summed E-state index contributed by atoms with van der Waals surface area (Å²) >= 11 is 0. The Morgan fingerprint density at radius 3 is 3.08 bits per heavy atom. The number of nitrogens with one attached hydrogen (secondary N) is 2. The van der Waals surface area contributed by atoms with Crippen LogP contribution in [0.1, 0.15) is 30.3 Å². The van der Waals surface area contributed by atoms with Crippen LogP contribution in [0.2, 0.25) is 0 Å². The molecule has 0 spiro atoms. The molecule has 0 saturated carbocycles. The Labute approximate surface area is 147 Å². The lowest BCUT2D eigenvalue weighted by atomic mass is 10.1. The molecule has 1 aliphatic heterocycles. The van der Waals surface area contributed by atoms with Crippen molar-refractivity contribution in [3.05, 3.63) is 48.0 Å². The van der Waals surface area contributed by atoms with Crippen LogP contribution in [-0.2, 0) is 6.54 Å². The van der Waals surface area contributed by atoms with E-state index in [1.54, 1.807) is 13.3 Å². The molecule has 0 bridgehead atoms. The van der Waals surface area contributed by atoms with Crippen molar-refractivity contribution in [3.63, 3.8) is 0 Å². The third-order valence-electron chi connectivity index (χ3n) is 4.87. The Bertz CT molecular complexity index is 875. The number of benzene rings is 1. The smallest absolute Gasteiger partial charge is 0.144 e. The molecule has 2 N–H and O–H groups in total. The summed E-state index contributed by atoms with van der Waals surface area (Å²) < 4.78 is 5.32. The maximum atomic E-state index is 5.32. The lowest BCUT2D eigenvalue weighted by Gasteiger charge is -2.23. The number of hydrogen-bond acceptors (Lipinski definition) is 5. The van der Waals surface area contributed by atoms with Gasteiger partial charge >= 0.3 is 0 Å². The van der Waals surface area contributed by atoms with Gasteiger partial charge in [0, 0.05) is 30.2 Å². The average molecular weight is 337 g/mol. The van der Waals surface area contributed by atoms with Crippen molar-refractivity contribution in [2.24, 2.45) is 0 Å². The molecule has 0 aliphatic carbocycles. The monoisotopic (exact) mass is 337 g/mol. The molecule has 0 amide bonds. The van der Waals surface area contributed by atoms with Gasteiger partial charge in [-0.2, -0.15) is 0 Å². The highest BCUT2D eigenvalue weighted by molar-refractivity contribution is 5.81. The minimum absolute atomic E-state index is 0.321. The first-order valence-electron chi connectivity index (χ1n) is 8.66. The highest BCUT2D eigenvalue weighted by Crippen LogP contribution is 2.32. The van der Waals surface area contributed by atoms with Crippen LogP contribution in [-0.4, -0.2) is 40.6 Å². The number of ether oxygens (including phenoxy) is 1. The normalized spacial score (nSPS) is 17.9. The second-order valence-corrected chi connectivity index (χ2v) is 6.46. The van der Waals surface area contributed by atoms with Crippen LogP contribution in [0.4, 0.5) is 5.82 Å². The topological polar surface area (TPSA) is 66.1 Å². The van der Waals surface area contributed by atoms with Gasteiger partial charge in [-0.15, -0.1) is 0 Å². The van der Waals surface area contributed by atoms with E-state index in [0.717, 1.165) is 42.3 Å². The molecule has 2 aromatic heterocycles. The van der Waals surface area contributed by atoms with E-state index in [4.69, 9.17) is 4.74 Å². The molecular weight excluding hydrogens is 314 g/mol. The van der Waals surface area contributed by atoms with Crippen molar-refractivity contribution >= 4 is 16.7 Å². The van der Waals surface area contributed by atoms with Crippen molar-refractivity contribution in [2.75, 3.05) is 26.0 Å². The summed E-state index contributed by atoms with van der Waals surface area (Å²) in [6.45, 7) is 1.96. The van der Waals surface area contributed by atoms with Gasteiger partial charge in [0.1, 0.15) is 11.6 Å². The summed E-state index contributed by atoms with van der Waals surface area (Å²) in [5, 5.41) is 4.26. The molecule has 1 aromatic carbocycles. The minimum atomic E-state index is 0.321. The van der Waals surface area contributed by atoms with Gasteiger partial charge in [-0.3, -0.25) is 9.88 Å². The number of aromatic nitrogens is 3. The molecule has 130 valence electrons. The molecule has 1 saturated heterocycles. The zero-order valence-electron chi connectivity index (χ0n) is 14.6. The van der Waals surface area contributed by atoms with Gasteiger partial charge in [-0.25, -0.2) is 4.98 Å². The number of hydrogen-bond donors (Lipinski definition) is 2. The van der Waals surface area contributed by atoms with Crippen LogP contribution < -0.4 is 10.1 Å². The maximum Gasteiger partial charge on any atom is 0.144 e. The summed E-state index contributed by atoms with van der Waals surface area (Å²) in [7, 11) is 3.57. The minimum Gasteiger partial charge on any atom is -0.497 e. The fraction of sp³-hybridized carbons (Fsp3) is 0.368. The van der Waals surface area contributed by atoms with Crippen LogP contribution in [0.25, 0.3) is 10.9 Å². The number of anilines is 1. The number of nitrogens with zero attached hydrogens (tertiary/aromatic N) is 3. The second-order valence-electron chi connectivity index (χ2n) is 6.46. The predicted molar refractivity (Wildman–Crippen MR) is 98.8 cm³/mol.